The molecule has 1 aliphatic heterocycles. The fraction of sp³-hybridized carbons (Fsp3) is 0.310. The maximum absolute atomic E-state index is 14.2. The monoisotopic (exact) mass is 438 g/mol. The van der Waals surface area contributed by atoms with Crippen molar-refractivity contribution in [1.29, 1.82) is 0 Å². The van der Waals surface area contributed by atoms with E-state index in [-0.39, 0.29) is 17.9 Å². The SMILES string of the molecule is Cc1cccc2c1-c1ccccc1C(C)(C(=O)NC1CCCC1)N(Cc1ccccc1)C2=O. The molecular weight excluding hydrogens is 408 g/mol. The highest BCUT2D eigenvalue weighted by atomic mass is 16.2. The summed E-state index contributed by atoms with van der Waals surface area (Å²) in [7, 11) is 0. The summed E-state index contributed by atoms with van der Waals surface area (Å²) in [6.45, 7) is 4.31. The summed E-state index contributed by atoms with van der Waals surface area (Å²) >= 11 is 0. The van der Waals surface area contributed by atoms with Crippen LogP contribution in [0.25, 0.3) is 11.1 Å². The number of aryl methyl sites for hydroxylation is 1. The first-order chi connectivity index (χ1) is 16.0. The molecule has 1 unspecified atom stereocenters. The largest absolute Gasteiger partial charge is 0.351 e. The lowest BCUT2D eigenvalue weighted by molar-refractivity contribution is -0.133. The molecule has 33 heavy (non-hydrogen) atoms. The number of carbonyl (C=O) groups is 2. The van der Waals surface area contributed by atoms with Gasteiger partial charge in [0.25, 0.3) is 11.8 Å². The van der Waals surface area contributed by atoms with E-state index in [1.54, 1.807) is 4.90 Å². The lowest BCUT2D eigenvalue weighted by Crippen LogP contribution is -2.57. The second kappa shape index (κ2) is 8.51. The Kier molecular flexibility index (Phi) is 5.53. The number of nitrogens with zero attached hydrogens (tertiary/aromatic N) is 1. The van der Waals surface area contributed by atoms with E-state index in [4.69, 9.17) is 0 Å². The third-order valence-electron chi connectivity index (χ3n) is 7.33. The predicted octanol–water partition coefficient (Wildman–Crippen LogP) is 5.59. The van der Waals surface area contributed by atoms with Gasteiger partial charge >= 0.3 is 0 Å². The summed E-state index contributed by atoms with van der Waals surface area (Å²) in [6, 6.07) is 24.0. The number of amides is 2. The molecule has 2 aliphatic rings. The smallest absolute Gasteiger partial charge is 0.255 e. The first-order valence-corrected chi connectivity index (χ1v) is 11.9. The van der Waals surface area contributed by atoms with Gasteiger partial charge in [-0.25, -0.2) is 0 Å². The second-order valence-electron chi connectivity index (χ2n) is 9.45. The molecule has 1 atom stereocenters. The second-order valence-corrected chi connectivity index (χ2v) is 9.45. The molecule has 1 fully saturated rings. The van der Waals surface area contributed by atoms with E-state index < -0.39 is 5.54 Å². The van der Waals surface area contributed by atoms with Gasteiger partial charge in [0.1, 0.15) is 5.54 Å². The molecule has 1 saturated carbocycles. The van der Waals surface area contributed by atoms with Gasteiger partial charge in [-0.1, -0.05) is 79.6 Å². The van der Waals surface area contributed by atoms with E-state index in [2.05, 4.69) is 5.32 Å². The van der Waals surface area contributed by atoms with Crippen LogP contribution in [-0.2, 0) is 16.9 Å². The topological polar surface area (TPSA) is 49.4 Å². The molecular formula is C29H30N2O2. The van der Waals surface area contributed by atoms with E-state index in [0.717, 1.165) is 53.5 Å². The van der Waals surface area contributed by atoms with Crippen molar-refractivity contribution in [2.24, 2.45) is 0 Å². The van der Waals surface area contributed by atoms with Crippen LogP contribution in [0.1, 0.15) is 59.7 Å². The summed E-state index contributed by atoms with van der Waals surface area (Å²) in [5.74, 6) is -0.214. The van der Waals surface area contributed by atoms with Crippen LogP contribution < -0.4 is 5.32 Å². The highest BCUT2D eigenvalue weighted by Crippen LogP contribution is 2.44. The average Bonchev–Trinajstić information content (AvgIpc) is 3.33. The normalized spacial score (nSPS) is 20.2. The average molecular weight is 439 g/mol. The van der Waals surface area contributed by atoms with Gasteiger partial charge < -0.3 is 10.2 Å². The number of hydrogen-bond acceptors (Lipinski definition) is 2. The van der Waals surface area contributed by atoms with Gasteiger partial charge in [0.2, 0.25) is 0 Å². The number of benzene rings is 3. The highest BCUT2D eigenvalue weighted by Gasteiger charge is 2.48. The molecule has 2 amide bonds. The zero-order chi connectivity index (χ0) is 23.0. The number of fused-ring (bicyclic) bond motifs is 3. The van der Waals surface area contributed by atoms with E-state index in [1.807, 2.05) is 86.6 Å². The van der Waals surface area contributed by atoms with Crippen molar-refractivity contribution in [3.63, 3.8) is 0 Å². The van der Waals surface area contributed by atoms with Gasteiger partial charge in [0, 0.05) is 18.2 Å². The minimum Gasteiger partial charge on any atom is -0.351 e. The van der Waals surface area contributed by atoms with Gasteiger partial charge in [0.05, 0.1) is 0 Å². The number of rotatable bonds is 4. The van der Waals surface area contributed by atoms with Gasteiger partial charge in [0.15, 0.2) is 0 Å². The fourth-order valence-corrected chi connectivity index (χ4v) is 5.46. The van der Waals surface area contributed by atoms with Crippen molar-refractivity contribution in [2.45, 2.75) is 57.7 Å². The summed E-state index contributed by atoms with van der Waals surface area (Å²) < 4.78 is 0. The van der Waals surface area contributed by atoms with Crippen LogP contribution >= 0.6 is 0 Å². The van der Waals surface area contributed by atoms with Gasteiger partial charge in [-0.15, -0.1) is 0 Å². The van der Waals surface area contributed by atoms with Crippen molar-refractivity contribution < 1.29 is 9.59 Å². The van der Waals surface area contributed by atoms with E-state index in [0.29, 0.717) is 12.1 Å². The standard InChI is InChI=1S/C29H30N2O2/c1-20-11-10-17-24-26(20)23-16-8-9-18-25(23)29(2,28(33)30-22-14-6-7-15-22)31(27(24)32)19-21-12-4-3-5-13-21/h3-5,8-13,16-18,22H,6-7,14-15,19H2,1-2H3,(H,30,33). The Morgan fingerprint density at radius 2 is 1.61 bits per heavy atom. The summed E-state index contributed by atoms with van der Waals surface area (Å²) in [6.07, 6.45) is 4.26. The molecule has 0 radical (unpaired) electrons. The zero-order valence-electron chi connectivity index (χ0n) is 19.3. The molecule has 0 bridgehead atoms. The minimum atomic E-state index is -1.14. The molecule has 1 N–H and O–H groups in total. The van der Waals surface area contributed by atoms with Gasteiger partial charge in [-0.05, 0) is 60.6 Å². The maximum atomic E-state index is 14.2. The zero-order valence-corrected chi connectivity index (χ0v) is 19.3. The quantitative estimate of drug-likeness (QED) is 0.577. The Balaban J connectivity index is 1.72. The lowest BCUT2D eigenvalue weighted by Gasteiger charge is -2.40. The summed E-state index contributed by atoms with van der Waals surface area (Å²) in [5, 5.41) is 3.30. The third kappa shape index (κ3) is 3.64. The molecule has 4 nitrogen and oxygen atoms in total. The van der Waals surface area contributed by atoms with Crippen LogP contribution in [-0.4, -0.2) is 22.8 Å². The van der Waals surface area contributed by atoms with Crippen LogP contribution in [0.3, 0.4) is 0 Å². The maximum Gasteiger partial charge on any atom is 0.255 e. The molecule has 3 aromatic carbocycles. The molecule has 1 heterocycles. The van der Waals surface area contributed by atoms with Crippen LogP contribution in [0, 0.1) is 6.92 Å². The van der Waals surface area contributed by atoms with Crippen molar-refractivity contribution >= 4 is 11.8 Å². The molecule has 1 aliphatic carbocycles. The molecule has 0 aromatic heterocycles. The van der Waals surface area contributed by atoms with E-state index in [9.17, 15) is 9.59 Å². The van der Waals surface area contributed by atoms with Gasteiger partial charge in [-0.3, -0.25) is 9.59 Å². The fourth-order valence-electron chi connectivity index (χ4n) is 5.46. The Morgan fingerprint density at radius 1 is 0.939 bits per heavy atom. The van der Waals surface area contributed by atoms with Crippen LogP contribution in [0.15, 0.2) is 72.8 Å². The number of nitrogens with one attached hydrogen (secondary N) is 1. The lowest BCUT2D eigenvalue weighted by atomic mass is 9.83. The van der Waals surface area contributed by atoms with Crippen molar-refractivity contribution in [3.05, 3.63) is 95.1 Å². The minimum absolute atomic E-state index is 0.100. The first-order valence-electron chi connectivity index (χ1n) is 11.9. The van der Waals surface area contributed by atoms with Crippen LogP contribution in [0.5, 0.6) is 0 Å². The van der Waals surface area contributed by atoms with Crippen molar-refractivity contribution in [1.82, 2.24) is 10.2 Å². The Hall–Kier alpha value is -3.40. The Morgan fingerprint density at radius 3 is 2.36 bits per heavy atom. The van der Waals surface area contributed by atoms with E-state index in [1.165, 1.54) is 0 Å². The Labute approximate surface area is 195 Å². The van der Waals surface area contributed by atoms with Crippen LogP contribution in [0.2, 0.25) is 0 Å². The van der Waals surface area contributed by atoms with Gasteiger partial charge in [-0.2, -0.15) is 0 Å². The highest BCUT2D eigenvalue weighted by molar-refractivity contribution is 6.07. The number of hydrogen-bond donors (Lipinski definition) is 1. The van der Waals surface area contributed by atoms with Crippen molar-refractivity contribution in [3.8, 4) is 11.1 Å². The Bertz CT molecular complexity index is 1200. The predicted molar refractivity (Wildman–Crippen MR) is 131 cm³/mol. The summed E-state index contributed by atoms with van der Waals surface area (Å²) in [4.78, 5) is 30.0. The molecule has 168 valence electrons. The number of carbonyl (C=O) groups excluding carboxylic acids is 2. The molecule has 0 saturated heterocycles. The summed E-state index contributed by atoms with van der Waals surface area (Å²) in [5.41, 5.74) is 4.30. The third-order valence-corrected chi connectivity index (χ3v) is 7.33. The molecule has 0 spiro atoms. The van der Waals surface area contributed by atoms with E-state index >= 15 is 0 Å². The van der Waals surface area contributed by atoms with Crippen LogP contribution in [0.4, 0.5) is 0 Å². The first kappa shape index (κ1) is 21.4. The van der Waals surface area contributed by atoms with Crippen molar-refractivity contribution in [2.75, 3.05) is 0 Å². The molecule has 3 aromatic rings. The molecule has 4 heteroatoms. The molecule has 5 rings (SSSR count).